The lowest BCUT2D eigenvalue weighted by Gasteiger charge is -1.97. The molecule has 3 nitrogen and oxygen atoms in total. The van der Waals surface area contributed by atoms with Crippen molar-refractivity contribution in [3.63, 3.8) is 0 Å². The van der Waals surface area contributed by atoms with Crippen LogP contribution in [0.5, 0.6) is 0 Å². The summed E-state index contributed by atoms with van der Waals surface area (Å²) in [5.74, 6) is 0. The summed E-state index contributed by atoms with van der Waals surface area (Å²) in [5.41, 5.74) is 1.03. The number of aryl methyl sites for hydroxylation is 1. The monoisotopic (exact) mass is 296 g/mol. The van der Waals surface area contributed by atoms with E-state index in [1.807, 2.05) is 18.4 Å². The molecule has 0 aliphatic rings. The molecule has 0 aromatic carbocycles. The molecule has 0 aliphatic heterocycles. The maximum absolute atomic E-state index is 10.2. The molecule has 0 fully saturated rings. The first kappa shape index (κ1) is 9.79. The summed E-state index contributed by atoms with van der Waals surface area (Å²) in [6, 6.07) is 1.98. The van der Waals surface area contributed by atoms with Gasteiger partial charge < -0.3 is 0 Å². The van der Waals surface area contributed by atoms with E-state index < -0.39 is 21.3 Å². The topological polar surface area (TPSA) is 32.7 Å². The first-order valence-electron chi connectivity index (χ1n) is 3.31. The molecule has 0 unspecified atom stereocenters. The Morgan fingerprint density at radius 3 is 3.00 bits per heavy atom. The largest absolute Gasteiger partial charge is 0.281 e. The van der Waals surface area contributed by atoms with Crippen molar-refractivity contribution < 1.29 is 4.79 Å². The van der Waals surface area contributed by atoms with Crippen LogP contribution in [0, 0.1) is 6.92 Å². The van der Waals surface area contributed by atoms with Crippen molar-refractivity contribution in [2.45, 2.75) is 6.92 Å². The lowest BCUT2D eigenvalue weighted by atomic mass is 10.4. The molecule has 0 radical (unpaired) electrons. The van der Waals surface area contributed by atoms with Gasteiger partial charge in [0, 0.05) is 11.9 Å². The van der Waals surface area contributed by atoms with Gasteiger partial charge in [-0.1, -0.05) is 0 Å². The molecule has 0 bridgehead atoms. The van der Waals surface area contributed by atoms with Crippen LogP contribution in [0.2, 0.25) is 0 Å². The van der Waals surface area contributed by atoms with Crippen LogP contribution in [0.25, 0.3) is 0 Å². The quantitative estimate of drug-likeness (QED) is 0.479. The summed E-state index contributed by atoms with van der Waals surface area (Å²) >= 11 is 1.17. The fourth-order valence-electron chi connectivity index (χ4n) is 0.584. The third kappa shape index (κ3) is 2.63. The van der Waals surface area contributed by atoms with Crippen molar-refractivity contribution in [2.24, 2.45) is 3.15 Å². The molecule has 66 valence electrons. The number of hydrogen-bond acceptors (Lipinski definition) is 3. The van der Waals surface area contributed by atoms with Gasteiger partial charge in [-0.05, 0) is 18.4 Å². The summed E-state index contributed by atoms with van der Waals surface area (Å²) in [6.07, 6.45) is 0.818. The van der Waals surface area contributed by atoms with Crippen molar-refractivity contribution in [1.82, 2.24) is 3.11 Å². The summed E-state index contributed by atoms with van der Waals surface area (Å²) in [4.78, 5) is 11.5. The van der Waals surface area contributed by atoms with Gasteiger partial charge in [0.05, 0.1) is 5.69 Å². The van der Waals surface area contributed by atoms with Gasteiger partial charge >= 0.3 is 0 Å². The molecule has 0 aliphatic carbocycles. The fourth-order valence-corrected chi connectivity index (χ4v) is 2.58. The van der Waals surface area contributed by atoms with E-state index in [1.54, 1.807) is 21.5 Å². The lowest BCUT2D eigenvalue weighted by molar-refractivity contribution is -0.112. The zero-order valence-corrected chi connectivity index (χ0v) is 9.79. The second-order valence-electron chi connectivity index (χ2n) is 2.15. The van der Waals surface area contributed by atoms with Crippen molar-refractivity contribution in [3.8, 4) is 0 Å². The Morgan fingerprint density at radius 1 is 1.75 bits per heavy atom. The number of halogens is 1. The summed E-state index contributed by atoms with van der Waals surface area (Å²) in [6.45, 7) is 2.04. The summed E-state index contributed by atoms with van der Waals surface area (Å²) in [5, 5.41) is 2.01. The van der Waals surface area contributed by atoms with Gasteiger partial charge in [0.2, 0.25) is 6.41 Å². The van der Waals surface area contributed by atoms with Gasteiger partial charge in [-0.2, -0.15) is 0 Å². The molecule has 1 rings (SSSR count). The predicted octanol–water partition coefficient (Wildman–Crippen LogP) is 2.85. The van der Waals surface area contributed by atoms with Gasteiger partial charge in [0.15, 0.2) is 0 Å². The van der Waals surface area contributed by atoms with Gasteiger partial charge in [-0.3, -0.25) is 7.91 Å². The first-order valence-corrected chi connectivity index (χ1v) is 6.12. The van der Waals surface area contributed by atoms with Crippen molar-refractivity contribution >= 4 is 44.7 Å². The van der Waals surface area contributed by atoms with Gasteiger partial charge in [0.25, 0.3) is 0 Å². The fraction of sp³-hybridized carbons (Fsp3) is 0.286. The van der Waals surface area contributed by atoms with Crippen molar-refractivity contribution in [2.75, 3.05) is 7.05 Å². The number of amides is 1. The molecule has 0 saturated heterocycles. The van der Waals surface area contributed by atoms with Crippen molar-refractivity contribution in [3.05, 3.63) is 16.3 Å². The number of nitrogens with zero attached hydrogens (tertiary/aromatic N) is 2. The summed E-state index contributed by atoms with van der Waals surface area (Å²) < 4.78 is 5.96. The van der Waals surface area contributed by atoms with Crippen LogP contribution in [-0.4, -0.2) is 16.6 Å². The average Bonchev–Trinajstić information content (AvgIpc) is 2.47. The third-order valence-corrected chi connectivity index (χ3v) is 3.70. The second-order valence-corrected chi connectivity index (χ2v) is 5.71. The molecule has 1 aromatic heterocycles. The Hall–Kier alpha value is -0.300. The lowest BCUT2D eigenvalue weighted by Crippen LogP contribution is -1.98. The number of carbonyl (C=O) groups is 1. The molecule has 0 N–H and O–H groups in total. The molecule has 1 heterocycles. The Morgan fingerprint density at radius 2 is 2.50 bits per heavy atom. The summed E-state index contributed by atoms with van der Waals surface area (Å²) in [7, 11) is 1.76. The Balaban J connectivity index is 2.69. The number of thiophene rings is 1. The average molecular weight is 296 g/mol. The minimum absolute atomic E-state index is 0.510. The van der Waals surface area contributed by atoms with E-state index in [0.717, 1.165) is 12.1 Å². The minimum Gasteiger partial charge on any atom is -0.281 e. The highest BCUT2D eigenvalue weighted by molar-refractivity contribution is 14.1. The van der Waals surface area contributed by atoms with E-state index in [9.17, 15) is 4.79 Å². The van der Waals surface area contributed by atoms with E-state index in [4.69, 9.17) is 0 Å². The molecule has 5 heteroatoms. The van der Waals surface area contributed by atoms with E-state index in [0.29, 0.717) is 0 Å². The Kier molecular flexibility index (Phi) is 3.80. The highest BCUT2D eigenvalue weighted by Gasteiger charge is 1.95. The number of rotatable bonds is 3. The Labute approximate surface area is 85.9 Å². The Bertz CT molecular complexity index is 297. The first-order chi connectivity index (χ1) is 5.74. The molecular formula is C7H9IN2OS. The van der Waals surface area contributed by atoms with Crippen LogP contribution in [0.1, 0.15) is 4.88 Å². The molecule has 1 aromatic rings. The SMILES string of the molecule is Cc1sccc1N=IN(C)C=O. The molecule has 0 saturated carbocycles. The predicted molar refractivity (Wildman–Crippen MR) is 59.0 cm³/mol. The minimum atomic E-state index is -0.510. The third-order valence-electron chi connectivity index (χ3n) is 1.22. The van der Waals surface area contributed by atoms with Crippen LogP contribution in [0.3, 0.4) is 0 Å². The van der Waals surface area contributed by atoms with Crippen LogP contribution < -0.4 is 0 Å². The standard InChI is InChI=1S/C7H9IN2OS/c1-6-7(3-4-12-6)9-8-10(2)5-11/h3-5H,1-2H3. The smallest absolute Gasteiger partial charge is 0.218 e. The van der Waals surface area contributed by atoms with E-state index >= 15 is 0 Å². The molecular weight excluding hydrogens is 287 g/mol. The second kappa shape index (κ2) is 4.66. The van der Waals surface area contributed by atoms with Gasteiger partial charge in [0.1, 0.15) is 21.3 Å². The number of hydrogen-bond donors (Lipinski definition) is 0. The molecule has 12 heavy (non-hydrogen) atoms. The van der Waals surface area contributed by atoms with Gasteiger partial charge in [-0.25, -0.2) is 3.15 Å². The van der Waals surface area contributed by atoms with Crippen LogP contribution in [0.4, 0.5) is 5.69 Å². The highest BCUT2D eigenvalue weighted by Crippen LogP contribution is 2.27. The van der Waals surface area contributed by atoms with Crippen LogP contribution in [0.15, 0.2) is 14.6 Å². The molecule has 0 spiro atoms. The molecule has 0 atom stereocenters. The van der Waals surface area contributed by atoms with Crippen molar-refractivity contribution in [1.29, 1.82) is 0 Å². The van der Waals surface area contributed by atoms with Crippen LogP contribution >= 0.6 is 32.6 Å². The highest BCUT2D eigenvalue weighted by atomic mass is 127. The van der Waals surface area contributed by atoms with Gasteiger partial charge in [-0.15, -0.1) is 11.3 Å². The van der Waals surface area contributed by atoms with E-state index in [-0.39, 0.29) is 0 Å². The maximum Gasteiger partial charge on any atom is 0.218 e. The normalized spacial score (nSPS) is 11.2. The molecule has 1 amide bonds. The van der Waals surface area contributed by atoms with Crippen LogP contribution in [-0.2, 0) is 4.79 Å². The number of carbonyl (C=O) groups excluding carboxylic acids is 1. The zero-order chi connectivity index (χ0) is 8.97. The zero-order valence-electron chi connectivity index (χ0n) is 6.82. The maximum atomic E-state index is 10.2. The van der Waals surface area contributed by atoms with E-state index in [1.165, 1.54) is 4.88 Å². The van der Waals surface area contributed by atoms with E-state index in [2.05, 4.69) is 3.15 Å².